The molecule has 1 rings (SSSR count). The molecule has 1 aliphatic heterocycles. The van der Waals surface area contributed by atoms with Gasteiger partial charge in [-0.15, -0.1) is 0 Å². The summed E-state index contributed by atoms with van der Waals surface area (Å²) in [6.07, 6.45) is 0. The Labute approximate surface area is 114 Å². The molecular formula is C8H11N2NaO3S. The third-order valence-corrected chi connectivity index (χ3v) is 3.18. The third-order valence-electron chi connectivity index (χ3n) is 1.99. The zero-order valence-corrected chi connectivity index (χ0v) is 11.8. The molecule has 1 heterocycles. The molecule has 0 bridgehead atoms. The minimum atomic E-state index is -1.19. The predicted octanol–water partition coefficient (Wildman–Crippen LogP) is -3.88. The van der Waals surface area contributed by atoms with E-state index in [1.54, 1.807) is 0 Å². The van der Waals surface area contributed by atoms with E-state index in [0.29, 0.717) is 5.75 Å². The van der Waals surface area contributed by atoms with Crippen LogP contribution in [0.15, 0.2) is 4.99 Å². The van der Waals surface area contributed by atoms with Crippen molar-refractivity contribution in [2.24, 2.45) is 10.4 Å². The summed E-state index contributed by atoms with van der Waals surface area (Å²) in [4.78, 5) is 26.0. The molecule has 0 aromatic carbocycles. The molecule has 15 heavy (non-hydrogen) atoms. The van der Waals surface area contributed by atoms with Crippen molar-refractivity contribution < 1.29 is 44.3 Å². The number of amides is 2. The van der Waals surface area contributed by atoms with Gasteiger partial charge in [0.05, 0.1) is 6.02 Å². The first-order chi connectivity index (χ1) is 6.50. The van der Waals surface area contributed by atoms with Crippen molar-refractivity contribution in [2.75, 3.05) is 11.5 Å². The Hall–Kier alpha value is -0.0400. The van der Waals surface area contributed by atoms with E-state index in [1.807, 2.05) is 12.2 Å². The monoisotopic (exact) mass is 238 g/mol. The Morgan fingerprint density at radius 3 is 2.60 bits per heavy atom. The van der Waals surface area contributed by atoms with Crippen LogP contribution in [0.2, 0.25) is 0 Å². The van der Waals surface area contributed by atoms with Gasteiger partial charge < -0.3 is 10.4 Å². The molecule has 0 aromatic rings. The van der Waals surface area contributed by atoms with Gasteiger partial charge in [-0.2, -0.15) is 11.8 Å². The fraction of sp³-hybridized carbons (Fsp3) is 0.625. The minimum absolute atomic E-state index is 0. The van der Waals surface area contributed by atoms with Gasteiger partial charge in [-0.05, 0) is 12.7 Å². The molecule has 0 fully saturated rings. The summed E-state index contributed by atoms with van der Waals surface area (Å²) in [6.45, 7) is 3.44. The number of carbonyl (C=O) groups is 2. The summed E-state index contributed by atoms with van der Waals surface area (Å²) in [5, 5.41) is 12.7. The number of hydrogen-bond acceptors (Lipinski definition) is 4. The standard InChI is InChI=1S/C8H12N2O3S.Na/c1-3-14-4-8(2)5(11)9-7(13)10-6(8)12;/h3-4H2,1-2H3,(H2,9,10,11,12,13);/q;+1/p-1. The average Bonchev–Trinajstić information content (AvgIpc) is 2.11. The molecule has 78 valence electrons. The molecule has 2 amide bonds. The normalized spacial score (nSPS) is 25.3. The van der Waals surface area contributed by atoms with Gasteiger partial charge in [-0.25, -0.2) is 4.99 Å². The van der Waals surface area contributed by atoms with Crippen LogP contribution in [0.5, 0.6) is 0 Å². The van der Waals surface area contributed by atoms with Gasteiger partial charge in [0.2, 0.25) is 5.91 Å². The first kappa shape index (κ1) is 15.0. The molecular weight excluding hydrogens is 227 g/mol. The zero-order valence-electron chi connectivity index (χ0n) is 8.99. The number of nitrogens with one attached hydrogen (secondary N) is 1. The second kappa shape index (κ2) is 5.89. The van der Waals surface area contributed by atoms with Crippen LogP contribution in [0, 0.1) is 5.41 Å². The Morgan fingerprint density at radius 1 is 1.53 bits per heavy atom. The van der Waals surface area contributed by atoms with E-state index in [2.05, 4.69) is 4.99 Å². The molecule has 0 radical (unpaired) electrons. The van der Waals surface area contributed by atoms with Crippen LogP contribution in [0.3, 0.4) is 0 Å². The van der Waals surface area contributed by atoms with E-state index in [4.69, 9.17) is 0 Å². The number of hydrogen-bond donors (Lipinski definition) is 1. The first-order valence-corrected chi connectivity index (χ1v) is 5.35. The molecule has 1 N–H and O–H groups in total. The van der Waals surface area contributed by atoms with Crippen molar-refractivity contribution in [1.29, 1.82) is 0 Å². The number of nitrogens with zero attached hydrogens (tertiary/aromatic N) is 1. The Morgan fingerprint density at radius 2 is 2.13 bits per heavy atom. The molecule has 1 aliphatic rings. The summed E-state index contributed by atoms with van der Waals surface area (Å²) < 4.78 is 0. The first-order valence-electron chi connectivity index (χ1n) is 4.20. The van der Waals surface area contributed by atoms with Crippen LogP contribution in [-0.2, 0) is 9.59 Å². The van der Waals surface area contributed by atoms with Crippen molar-refractivity contribution in [2.45, 2.75) is 13.8 Å². The summed E-state index contributed by atoms with van der Waals surface area (Å²) >= 11 is 1.47. The van der Waals surface area contributed by atoms with Gasteiger partial charge >= 0.3 is 29.6 Å². The van der Waals surface area contributed by atoms with E-state index in [1.165, 1.54) is 18.7 Å². The summed E-state index contributed by atoms with van der Waals surface area (Å²) in [7, 11) is 0. The van der Waals surface area contributed by atoms with Crippen molar-refractivity contribution in [3.05, 3.63) is 0 Å². The molecule has 0 aliphatic carbocycles. The largest absolute Gasteiger partial charge is 1.00 e. The fourth-order valence-electron chi connectivity index (χ4n) is 1.01. The second-order valence-corrected chi connectivity index (χ2v) is 4.42. The van der Waals surface area contributed by atoms with Crippen LogP contribution in [0.1, 0.15) is 13.8 Å². The maximum atomic E-state index is 11.4. The van der Waals surface area contributed by atoms with Gasteiger partial charge in [-0.3, -0.25) is 9.59 Å². The summed E-state index contributed by atoms with van der Waals surface area (Å²) in [6, 6.07) is -0.862. The van der Waals surface area contributed by atoms with E-state index in [-0.39, 0.29) is 29.6 Å². The van der Waals surface area contributed by atoms with Crippen molar-refractivity contribution in [3.63, 3.8) is 0 Å². The van der Waals surface area contributed by atoms with Crippen LogP contribution in [-0.4, -0.2) is 29.3 Å². The summed E-state index contributed by atoms with van der Waals surface area (Å²) in [5.41, 5.74) is -1.19. The summed E-state index contributed by atoms with van der Waals surface area (Å²) in [5.74, 6) is -0.0367. The molecule has 1 atom stereocenters. The van der Waals surface area contributed by atoms with Crippen LogP contribution in [0.4, 0.5) is 0 Å². The molecule has 0 aromatic heterocycles. The second-order valence-electron chi connectivity index (χ2n) is 3.15. The van der Waals surface area contributed by atoms with E-state index >= 15 is 0 Å². The maximum absolute atomic E-state index is 11.4. The smallest absolute Gasteiger partial charge is 0.846 e. The number of thioether (sulfide) groups is 1. The molecule has 0 saturated heterocycles. The fourth-order valence-corrected chi connectivity index (χ4v) is 1.88. The van der Waals surface area contributed by atoms with Crippen LogP contribution in [0.25, 0.3) is 0 Å². The molecule has 1 unspecified atom stereocenters. The molecule has 5 nitrogen and oxygen atoms in total. The molecule has 0 saturated carbocycles. The van der Waals surface area contributed by atoms with Crippen LogP contribution < -0.4 is 40.0 Å². The Balaban J connectivity index is 0.00000196. The topological polar surface area (TPSA) is 81.6 Å². The Kier molecular flexibility index (Phi) is 5.87. The van der Waals surface area contributed by atoms with Crippen molar-refractivity contribution in [1.82, 2.24) is 5.32 Å². The molecule has 0 spiro atoms. The SMILES string of the molecule is CCSCC1(C)C(=O)N=C([O-])NC1=O.[Na+]. The third kappa shape index (κ3) is 3.21. The van der Waals surface area contributed by atoms with Gasteiger partial charge in [0.15, 0.2) is 0 Å². The predicted molar refractivity (Wildman–Crippen MR) is 51.7 cm³/mol. The van der Waals surface area contributed by atoms with Gasteiger partial charge in [0.1, 0.15) is 5.41 Å². The molecule has 7 heteroatoms. The van der Waals surface area contributed by atoms with E-state index < -0.39 is 23.3 Å². The number of amidine groups is 1. The van der Waals surface area contributed by atoms with E-state index in [9.17, 15) is 14.7 Å². The quantitative estimate of drug-likeness (QED) is 0.403. The minimum Gasteiger partial charge on any atom is -0.846 e. The van der Waals surface area contributed by atoms with Crippen molar-refractivity contribution in [3.8, 4) is 0 Å². The number of carbonyl (C=O) groups excluding carboxylic acids is 2. The van der Waals surface area contributed by atoms with Crippen LogP contribution >= 0.6 is 11.8 Å². The zero-order chi connectivity index (χ0) is 10.8. The number of rotatable bonds is 3. The number of aliphatic imine (C=N–C) groups is 1. The Bertz CT molecular complexity index is 308. The average molecular weight is 238 g/mol. The van der Waals surface area contributed by atoms with E-state index in [0.717, 1.165) is 5.75 Å². The van der Waals surface area contributed by atoms with Crippen molar-refractivity contribution >= 4 is 29.6 Å². The van der Waals surface area contributed by atoms with Gasteiger partial charge in [0, 0.05) is 5.75 Å². The van der Waals surface area contributed by atoms with Gasteiger partial charge in [-0.1, -0.05) is 6.92 Å². The van der Waals surface area contributed by atoms with Gasteiger partial charge in [0.25, 0.3) is 5.91 Å². The maximum Gasteiger partial charge on any atom is 1.00 e.